The first-order valence-corrected chi connectivity index (χ1v) is 14.8. The Morgan fingerprint density at radius 2 is 1.23 bits per heavy atom. The van der Waals surface area contributed by atoms with Crippen molar-refractivity contribution in [1.29, 1.82) is 0 Å². The Balaban J connectivity index is 1.83. The number of rotatable bonds is 12. The van der Waals surface area contributed by atoms with Crippen molar-refractivity contribution < 1.29 is 71.7 Å². The zero-order valence-electron chi connectivity index (χ0n) is 22.8. The number of aryl methyl sites for hydroxylation is 1. The van der Waals surface area contributed by atoms with Crippen LogP contribution in [0.1, 0.15) is 46.1 Å². The van der Waals surface area contributed by atoms with Gasteiger partial charge in [0.05, 0.1) is 20.3 Å². The summed E-state index contributed by atoms with van der Waals surface area (Å²) in [5, 5.41) is 0.0112. The fourth-order valence-electron chi connectivity index (χ4n) is 4.13. The van der Waals surface area contributed by atoms with Crippen LogP contribution in [0.4, 0.5) is 0 Å². The molecule has 0 amide bonds. The zero-order chi connectivity index (χ0) is 31.7. The van der Waals surface area contributed by atoms with Crippen LogP contribution in [0.3, 0.4) is 0 Å². The van der Waals surface area contributed by atoms with Crippen molar-refractivity contribution in [3.05, 3.63) is 46.9 Å². The summed E-state index contributed by atoms with van der Waals surface area (Å²) in [6.45, 7) is 3.91. The standard InChI is InChI=1S/C25H24O16S2/c1-5-35-24(26)22-12(3)38-15-10-18(20(7-13(15)22)41-43(31,32)33)37-11-21-23(25(27)36-6-2)14-8-19(40-42(28,29)30)17(34-4)9-16(14)39-21/h7-10H,5-6,11H2,1-4H3,(H,28,29,30)(H,31,32,33)/p-2. The van der Waals surface area contributed by atoms with E-state index in [4.69, 9.17) is 27.8 Å². The Morgan fingerprint density at radius 1 is 0.744 bits per heavy atom. The Morgan fingerprint density at radius 3 is 1.77 bits per heavy atom. The highest BCUT2D eigenvalue weighted by Crippen LogP contribution is 2.40. The van der Waals surface area contributed by atoms with Gasteiger partial charge in [-0.2, -0.15) is 0 Å². The molecule has 2 aromatic carbocycles. The molecule has 0 unspecified atom stereocenters. The number of hydrogen-bond donors (Lipinski definition) is 0. The minimum atomic E-state index is -5.34. The van der Waals surface area contributed by atoms with Crippen LogP contribution in [0.25, 0.3) is 21.9 Å². The van der Waals surface area contributed by atoms with Crippen LogP contribution in [0.5, 0.6) is 23.0 Å². The van der Waals surface area contributed by atoms with Crippen LogP contribution in [0.2, 0.25) is 0 Å². The number of furan rings is 2. The van der Waals surface area contributed by atoms with Crippen molar-refractivity contribution >= 4 is 54.7 Å². The van der Waals surface area contributed by atoms with Gasteiger partial charge in [0.25, 0.3) is 20.8 Å². The number of ether oxygens (including phenoxy) is 4. The van der Waals surface area contributed by atoms with E-state index in [0.29, 0.717) is 0 Å². The first-order valence-electron chi connectivity index (χ1n) is 12.1. The molecule has 0 bridgehead atoms. The summed E-state index contributed by atoms with van der Waals surface area (Å²) in [5.41, 5.74) is -0.299. The van der Waals surface area contributed by atoms with Crippen molar-refractivity contribution in [1.82, 2.24) is 0 Å². The van der Waals surface area contributed by atoms with E-state index in [-0.39, 0.29) is 69.3 Å². The lowest BCUT2D eigenvalue weighted by Gasteiger charge is -2.14. The summed E-state index contributed by atoms with van der Waals surface area (Å²) in [6.07, 6.45) is 0. The molecule has 0 radical (unpaired) electrons. The fourth-order valence-corrected chi connectivity index (χ4v) is 4.83. The quantitative estimate of drug-likeness (QED) is 0.123. The normalized spacial score (nSPS) is 11.9. The van der Waals surface area contributed by atoms with Gasteiger partial charge >= 0.3 is 11.9 Å². The van der Waals surface area contributed by atoms with Crippen LogP contribution in [-0.4, -0.2) is 58.2 Å². The van der Waals surface area contributed by atoms with Gasteiger partial charge in [-0.05, 0) is 32.9 Å². The van der Waals surface area contributed by atoms with E-state index in [1.165, 1.54) is 13.8 Å². The smallest absolute Gasteiger partial charge is 0.342 e. The molecule has 0 fully saturated rings. The molecule has 0 N–H and O–H groups in total. The van der Waals surface area contributed by atoms with Crippen molar-refractivity contribution in [2.45, 2.75) is 27.4 Å². The number of methoxy groups -OCH3 is 1. The Hall–Kier alpha value is -4.52. The molecule has 2 heterocycles. The molecule has 0 aliphatic heterocycles. The third-order valence-corrected chi connectivity index (χ3v) is 6.45. The SMILES string of the molecule is CCOC(=O)c1c(C)oc2cc(OCc3oc4cc(OC)c(OS(=O)(=O)[O-])cc4c3C(=O)OCC)c(OS(=O)(=O)[O-])cc12. The van der Waals surface area contributed by atoms with Gasteiger partial charge in [-0.1, -0.05) is 0 Å². The van der Waals surface area contributed by atoms with Gasteiger partial charge in [0, 0.05) is 22.9 Å². The van der Waals surface area contributed by atoms with Crippen LogP contribution in [0, 0.1) is 6.92 Å². The highest BCUT2D eigenvalue weighted by atomic mass is 32.3. The molecule has 0 atom stereocenters. The maximum atomic E-state index is 12.9. The highest BCUT2D eigenvalue weighted by molar-refractivity contribution is 7.81. The molecule has 0 saturated heterocycles. The molecule has 0 aliphatic rings. The minimum absolute atomic E-state index is 0.0340. The number of carbonyl (C=O) groups is 2. The van der Waals surface area contributed by atoms with Gasteiger partial charge in [-0.25, -0.2) is 26.4 Å². The lowest BCUT2D eigenvalue weighted by atomic mass is 10.1. The maximum Gasteiger partial charge on any atom is 0.342 e. The van der Waals surface area contributed by atoms with Crippen molar-refractivity contribution in [2.75, 3.05) is 20.3 Å². The molecule has 0 spiro atoms. The van der Waals surface area contributed by atoms with E-state index in [1.807, 2.05) is 0 Å². The van der Waals surface area contributed by atoms with E-state index >= 15 is 0 Å². The topological polar surface area (TPSA) is 230 Å². The summed E-state index contributed by atoms with van der Waals surface area (Å²) in [6, 6.07) is 4.34. The molecular weight excluding hydrogens is 620 g/mol. The molecule has 4 rings (SSSR count). The third kappa shape index (κ3) is 6.94. The largest absolute Gasteiger partial charge is 0.716 e. The summed E-state index contributed by atoms with van der Waals surface area (Å²) >= 11 is 0. The van der Waals surface area contributed by atoms with Crippen LogP contribution in [-0.2, 0) is 36.9 Å². The zero-order valence-corrected chi connectivity index (χ0v) is 24.4. The first kappa shape index (κ1) is 31.4. The Kier molecular flexibility index (Phi) is 8.76. The molecule has 0 saturated carbocycles. The summed E-state index contributed by atoms with van der Waals surface area (Å²) in [4.78, 5) is 25.4. The predicted molar refractivity (Wildman–Crippen MR) is 141 cm³/mol. The van der Waals surface area contributed by atoms with Gasteiger partial charge in [-0.15, -0.1) is 0 Å². The average molecular weight is 643 g/mol. The predicted octanol–water partition coefficient (Wildman–Crippen LogP) is 3.11. The lowest BCUT2D eigenvalue weighted by Crippen LogP contribution is -2.11. The number of esters is 2. The van der Waals surface area contributed by atoms with Crippen molar-refractivity contribution in [3.8, 4) is 23.0 Å². The van der Waals surface area contributed by atoms with Crippen LogP contribution >= 0.6 is 0 Å². The number of hydrogen-bond acceptors (Lipinski definition) is 16. The van der Waals surface area contributed by atoms with E-state index in [1.54, 1.807) is 6.92 Å². The lowest BCUT2D eigenvalue weighted by molar-refractivity contribution is 0.0515. The number of carbonyl (C=O) groups excluding carboxylic acids is 2. The highest BCUT2D eigenvalue weighted by Gasteiger charge is 2.27. The van der Waals surface area contributed by atoms with E-state index < -0.39 is 50.8 Å². The second-order valence-corrected chi connectivity index (χ2v) is 10.4. The summed E-state index contributed by atoms with van der Waals surface area (Å²) < 4.78 is 109. The minimum Gasteiger partial charge on any atom is -0.716 e. The van der Waals surface area contributed by atoms with Gasteiger partial charge in [0.15, 0.2) is 28.8 Å². The maximum absolute atomic E-state index is 12.9. The first-order chi connectivity index (χ1) is 20.2. The summed E-state index contributed by atoms with van der Waals surface area (Å²) in [7, 11) is -9.42. The fraction of sp³-hybridized carbons (Fsp3) is 0.280. The van der Waals surface area contributed by atoms with Crippen LogP contribution < -0.4 is 17.8 Å². The molecule has 4 aromatic rings. The van der Waals surface area contributed by atoms with Gasteiger partial charge in [0.1, 0.15) is 34.7 Å². The van der Waals surface area contributed by atoms with Crippen LogP contribution in [0.15, 0.2) is 33.1 Å². The third-order valence-electron chi connectivity index (χ3n) is 5.68. The Labute approximate surface area is 243 Å². The molecule has 43 heavy (non-hydrogen) atoms. The van der Waals surface area contributed by atoms with E-state index in [0.717, 1.165) is 31.4 Å². The average Bonchev–Trinajstić information content (AvgIpc) is 3.40. The molecule has 18 heteroatoms. The molecule has 232 valence electrons. The second kappa shape index (κ2) is 12.0. The second-order valence-electron chi connectivity index (χ2n) is 8.44. The van der Waals surface area contributed by atoms with Gasteiger partial charge < -0.3 is 45.3 Å². The van der Waals surface area contributed by atoms with E-state index in [2.05, 4.69) is 8.37 Å². The van der Waals surface area contributed by atoms with Crippen molar-refractivity contribution in [2.24, 2.45) is 0 Å². The van der Waals surface area contributed by atoms with E-state index in [9.17, 15) is 35.5 Å². The van der Waals surface area contributed by atoms with Crippen molar-refractivity contribution in [3.63, 3.8) is 0 Å². The summed E-state index contributed by atoms with van der Waals surface area (Å²) in [5.74, 6) is -3.56. The van der Waals surface area contributed by atoms with Gasteiger partial charge in [-0.3, -0.25) is 0 Å². The molecule has 16 nitrogen and oxygen atoms in total. The number of fused-ring (bicyclic) bond motifs is 2. The van der Waals surface area contributed by atoms with Gasteiger partial charge in [0.2, 0.25) is 0 Å². The molecular formula is C25H22O16S2-2. The molecule has 0 aliphatic carbocycles. The number of benzene rings is 2. The Bertz CT molecular complexity index is 1930. The molecule has 2 aromatic heterocycles. The monoisotopic (exact) mass is 642 g/mol.